The minimum absolute atomic E-state index is 0.279. The molecular weight excluding hydrogens is 264 g/mol. The minimum atomic E-state index is -0.287. The fourth-order valence-corrected chi connectivity index (χ4v) is 1.98. The SMILES string of the molecule is Cc1ccc(N=Nc2c(-c3ccccc3)[nH][nH]c2=O)cc1. The van der Waals surface area contributed by atoms with Gasteiger partial charge >= 0.3 is 0 Å². The summed E-state index contributed by atoms with van der Waals surface area (Å²) in [6.45, 7) is 2.01. The van der Waals surface area contributed by atoms with Gasteiger partial charge < -0.3 is 0 Å². The lowest BCUT2D eigenvalue weighted by atomic mass is 10.1. The lowest BCUT2D eigenvalue weighted by Crippen LogP contribution is -1.96. The summed E-state index contributed by atoms with van der Waals surface area (Å²) >= 11 is 0. The molecule has 0 aliphatic rings. The zero-order valence-electron chi connectivity index (χ0n) is 11.5. The zero-order chi connectivity index (χ0) is 14.7. The molecule has 2 N–H and O–H groups in total. The molecule has 0 saturated heterocycles. The summed E-state index contributed by atoms with van der Waals surface area (Å²) in [6.07, 6.45) is 0. The van der Waals surface area contributed by atoms with Crippen molar-refractivity contribution in [3.05, 3.63) is 70.5 Å². The third kappa shape index (κ3) is 2.81. The second-order valence-corrected chi connectivity index (χ2v) is 4.70. The van der Waals surface area contributed by atoms with Crippen LogP contribution in [0.1, 0.15) is 5.56 Å². The molecule has 5 heteroatoms. The van der Waals surface area contributed by atoms with E-state index in [0.717, 1.165) is 11.1 Å². The molecule has 0 bridgehead atoms. The largest absolute Gasteiger partial charge is 0.295 e. The summed E-state index contributed by atoms with van der Waals surface area (Å²) < 4.78 is 0. The predicted octanol–water partition coefficient (Wildman–Crippen LogP) is 4.09. The second-order valence-electron chi connectivity index (χ2n) is 4.70. The Kier molecular flexibility index (Phi) is 3.47. The molecule has 2 aromatic carbocycles. The standard InChI is InChI=1S/C16H14N4O/c1-11-7-9-13(10-8-11)17-19-15-14(18-20-16(15)21)12-5-3-2-4-6-12/h2-10H,1H3,(H2,18,20,21). The Morgan fingerprint density at radius 2 is 1.57 bits per heavy atom. The summed E-state index contributed by atoms with van der Waals surface area (Å²) in [5.41, 5.74) is 3.37. The van der Waals surface area contributed by atoms with Crippen LogP contribution in [0.2, 0.25) is 0 Å². The molecule has 0 saturated carbocycles. The number of azo groups is 1. The zero-order valence-corrected chi connectivity index (χ0v) is 11.5. The topological polar surface area (TPSA) is 73.4 Å². The lowest BCUT2D eigenvalue weighted by molar-refractivity contribution is 1.06. The molecule has 0 unspecified atom stereocenters. The van der Waals surface area contributed by atoms with Crippen molar-refractivity contribution in [3.8, 4) is 11.3 Å². The van der Waals surface area contributed by atoms with Crippen molar-refractivity contribution >= 4 is 11.4 Å². The minimum Gasteiger partial charge on any atom is -0.295 e. The van der Waals surface area contributed by atoms with Gasteiger partial charge in [-0.05, 0) is 19.1 Å². The number of hydrogen-bond donors (Lipinski definition) is 2. The van der Waals surface area contributed by atoms with Crippen molar-refractivity contribution < 1.29 is 0 Å². The van der Waals surface area contributed by atoms with Gasteiger partial charge in [-0.1, -0.05) is 48.0 Å². The highest BCUT2D eigenvalue weighted by atomic mass is 16.1. The molecule has 1 heterocycles. The number of aromatic nitrogens is 2. The Morgan fingerprint density at radius 1 is 0.857 bits per heavy atom. The Balaban J connectivity index is 1.98. The van der Waals surface area contributed by atoms with E-state index in [2.05, 4.69) is 20.4 Å². The molecule has 1 aromatic heterocycles. The van der Waals surface area contributed by atoms with E-state index in [1.54, 1.807) is 0 Å². The van der Waals surface area contributed by atoms with Crippen LogP contribution in [0.3, 0.4) is 0 Å². The molecule has 104 valence electrons. The van der Waals surface area contributed by atoms with E-state index >= 15 is 0 Å². The van der Waals surface area contributed by atoms with Crippen molar-refractivity contribution in [1.82, 2.24) is 10.2 Å². The van der Waals surface area contributed by atoms with E-state index in [-0.39, 0.29) is 11.2 Å². The Morgan fingerprint density at radius 3 is 2.29 bits per heavy atom. The van der Waals surface area contributed by atoms with Gasteiger partial charge in [-0.15, -0.1) is 5.11 Å². The monoisotopic (exact) mass is 278 g/mol. The number of aromatic amines is 2. The first-order valence-corrected chi connectivity index (χ1v) is 6.58. The van der Waals surface area contributed by atoms with Crippen LogP contribution in [0.15, 0.2) is 69.6 Å². The lowest BCUT2D eigenvalue weighted by Gasteiger charge is -1.97. The Labute approximate surface area is 121 Å². The molecular formula is C16H14N4O. The number of hydrogen-bond acceptors (Lipinski definition) is 3. The quantitative estimate of drug-likeness (QED) is 0.696. The van der Waals surface area contributed by atoms with Crippen LogP contribution in [0, 0.1) is 6.92 Å². The smallest absolute Gasteiger partial charge is 0.292 e. The Bertz CT molecular complexity index is 813. The first kappa shape index (κ1) is 13.1. The van der Waals surface area contributed by atoms with Gasteiger partial charge in [0.15, 0.2) is 5.69 Å². The highest BCUT2D eigenvalue weighted by Crippen LogP contribution is 2.26. The average Bonchev–Trinajstić information content (AvgIpc) is 2.89. The van der Waals surface area contributed by atoms with Gasteiger partial charge in [-0.3, -0.25) is 15.0 Å². The predicted molar refractivity (Wildman–Crippen MR) is 82.2 cm³/mol. The van der Waals surface area contributed by atoms with E-state index in [9.17, 15) is 4.79 Å². The molecule has 0 radical (unpaired) electrons. The van der Waals surface area contributed by atoms with Crippen molar-refractivity contribution in [1.29, 1.82) is 0 Å². The maximum atomic E-state index is 11.8. The van der Waals surface area contributed by atoms with Gasteiger partial charge in [-0.25, -0.2) is 0 Å². The maximum absolute atomic E-state index is 11.8. The van der Waals surface area contributed by atoms with E-state index in [4.69, 9.17) is 0 Å². The fraction of sp³-hybridized carbons (Fsp3) is 0.0625. The van der Waals surface area contributed by atoms with Gasteiger partial charge in [0.2, 0.25) is 0 Å². The number of rotatable bonds is 3. The van der Waals surface area contributed by atoms with Crippen LogP contribution in [-0.4, -0.2) is 10.2 Å². The summed E-state index contributed by atoms with van der Waals surface area (Å²) in [5.74, 6) is 0. The molecule has 0 aliphatic heterocycles. The van der Waals surface area contributed by atoms with Crippen LogP contribution >= 0.6 is 0 Å². The molecule has 3 rings (SSSR count). The van der Waals surface area contributed by atoms with Crippen molar-refractivity contribution in [3.63, 3.8) is 0 Å². The third-order valence-corrected chi connectivity index (χ3v) is 3.11. The molecule has 3 aromatic rings. The number of aryl methyl sites for hydroxylation is 1. The van der Waals surface area contributed by atoms with Crippen molar-refractivity contribution in [2.45, 2.75) is 6.92 Å². The van der Waals surface area contributed by atoms with Gasteiger partial charge in [0.25, 0.3) is 5.56 Å². The molecule has 0 fully saturated rings. The van der Waals surface area contributed by atoms with E-state index in [1.807, 2.05) is 61.5 Å². The highest BCUT2D eigenvalue weighted by Gasteiger charge is 2.10. The fourth-order valence-electron chi connectivity index (χ4n) is 1.98. The molecule has 5 nitrogen and oxygen atoms in total. The van der Waals surface area contributed by atoms with Gasteiger partial charge in [0, 0.05) is 5.56 Å². The van der Waals surface area contributed by atoms with Crippen molar-refractivity contribution in [2.24, 2.45) is 10.2 Å². The molecule has 0 aliphatic carbocycles. The normalized spacial score (nSPS) is 11.1. The molecule has 0 amide bonds. The number of benzene rings is 2. The van der Waals surface area contributed by atoms with Crippen LogP contribution < -0.4 is 5.56 Å². The first-order valence-electron chi connectivity index (χ1n) is 6.58. The van der Waals surface area contributed by atoms with Gasteiger partial charge in [0.05, 0.1) is 11.4 Å². The maximum Gasteiger partial charge on any atom is 0.292 e. The van der Waals surface area contributed by atoms with E-state index < -0.39 is 0 Å². The van der Waals surface area contributed by atoms with E-state index in [0.29, 0.717) is 11.4 Å². The second kappa shape index (κ2) is 5.58. The number of nitrogens with zero attached hydrogens (tertiary/aromatic N) is 2. The van der Waals surface area contributed by atoms with Crippen LogP contribution in [0.5, 0.6) is 0 Å². The third-order valence-electron chi connectivity index (χ3n) is 3.11. The molecule has 0 atom stereocenters. The number of H-pyrrole nitrogens is 2. The van der Waals surface area contributed by atoms with Crippen LogP contribution in [0.4, 0.5) is 11.4 Å². The average molecular weight is 278 g/mol. The summed E-state index contributed by atoms with van der Waals surface area (Å²) in [7, 11) is 0. The van der Waals surface area contributed by atoms with Crippen LogP contribution in [-0.2, 0) is 0 Å². The van der Waals surface area contributed by atoms with E-state index in [1.165, 1.54) is 0 Å². The molecule has 0 spiro atoms. The van der Waals surface area contributed by atoms with Gasteiger partial charge in [0.1, 0.15) is 0 Å². The summed E-state index contributed by atoms with van der Waals surface area (Å²) in [5, 5.41) is 13.6. The summed E-state index contributed by atoms with van der Waals surface area (Å²) in [4.78, 5) is 11.8. The summed E-state index contributed by atoms with van der Waals surface area (Å²) in [6, 6.07) is 17.2. The van der Waals surface area contributed by atoms with Crippen LogP contribution in [0.25, 0.3) is 11.3 Å². The number of nitrogens with one attached hydrogen (secondary N) is 2. The molecule has 21 heavy (non-hydrogen) atoms. The first-order chi connectivity index (χ1) is 10.2. The van der Waals surface area contributed by atoms with Crippen molar-refractivity contribution in [2.75, 3.05) is 0 Å². The highest BCUT2D eigenvalue weighted by molar-refractivity contribution is 5.70. The van der Waals surface area contributed by atoms with Gasteiger partial charge in [-0.2, -0.15) is 5.11 Å². The Hall–Kier alpha value is -2.95.